The molecule has 0 aliphatic carbocycles. The molecule has 1 atom stereocenters. The van der Waals surface area contributed by atoms with Gasteiger partial charge in [0.15, 0.2) is 0 Å². The molecule has 0 spiro atoms. The summed E-state index contributed by atoms with van der Waals surface area (Å²) in [4.78, 5) is 22.8. The Morgan fingerprint density at radius 3 is 2.15 bits per heavy atom. The zero-order valence-corrected chi connectivity index (χ0v) is 13.8. The largest absolute Gasteiger partial charge is 0.469 e. The quantitative estimate of drug-likeness (QED) is 0.761. The lowest BCUT2D eigenvalue weighted by Crippen LogP contribution is -2.45. The second kappa shape index (κ2) is 7.50. The van der Waals surface area contributed by atoms with Gasteiger partial charge in [0.2, 0.25) is 0 Å². The molecule has 0 bridgehead atoms. The molecule has 20 heavy (non-hydrogen) atoms. The molecule has 0 rings (SSSR count). The summed E-state index contributed by atoms with van der Waals surface area (Å²) in [6.45, 7) is 11.6. The summed E-state index contributed by atoms with van der Waals surface area (Å²) in [5.74, 6) is -0.200. The van der Waals surface area contributed by atoms with Crippen LogP contribution in [-0.4, -0.2) is 30.8 Å². The van der Waals surface area contributed by atoms with E-state index in [2.05, 4.69) is 23.9 Å². The zero-order valence-electron chi connectivity index (χ0n) is 13.8. The number of nitrogens with one attached hydrogen (secondary N) is 1. The van der Waals surface area contributed by atoms with Gasteiger partial charge < -0.3 is 14.8 Å². The minimum Gasteiger partial charge on any atom is -0.469 e. The molecule has 0 aromatic heterocycles. The molecule has 0 fully saturated rings. The fraction of sp³-hybridized carbons (Fsp3) is 0.867. The third kappa shape index (κ3) is 8.02. The molecule has 0 saturated heterocycles. The van der Waals surface area contributed by atoms with Crippen molar-refractivity contribution in [3.8, 4) is 0 Å². The van der Waals surface area contributed by atoms with E-state index < -0.39 is 11.7 Å². The Bertz CT molecular complexity index is 331. The fourth-order valence-corrected chi connectivity index (χ4v) is 1.69. The molecule has 5 nitrogen and oxygen atoms in total. The van der Waals surface area contributed by atoms with Gasteiger partial charge >= 0.3 is 12.1 Å². The summed E-state index contributed by atoms with van der Waals surface area (Å²) < 4.78 is 9.86. The van der Waals surface area contributed by atoms with Crippen LogP contribution >= 0.6 is 0 Å². The number of alkyl carbamates (subject to hydrolysis) is 1. The van der Waals surface area contributed by atoms with Crippen molar-refractivity contribution in [3.05, 3.63) is 0 Å². The Kier molecular flexibility index (Phi) is 7.03. The summed E-state index contributed by atoms with van der Waals surface area (Å²) in [5.41, 5.74) is -0.621. The summed E-state index contributed by atoms with van der Waals surface area (Å²) in [5, 5.41) is 2.85. The lowest BCUT2D eigenvalue weighted by molar-refractivity contribution is -0.140. The van der Waals surface area contributed by atoms with Crippen LogP contribution in [-0.2, 0) is 14.3 Å². The molecular formula is C15H29NO4. The Hall–Kier alpha value is -1.26. The second-order valence-electron chi connectivity index (χ2n) is 6.79. The third-order valence-corrected chi connectivity index (χ3v) is 3.34. The first-order valence-corrected chi connectivity index (χ1v) is 7.04. The number of rotatable bonds is 6. The minimum absolute atomic E-state index is 0.0463. The van der Waals surface area contributed by atoms with Crippen LogP contribution in [0.15, 0.2) is 0 Å². The maximum Gasteiger partial charge on any atom is 0.407 e. The van der Waals surface area contributed by atoms with Gasteiger partial charge in [-0.15, -0.1) is 0 Å². The number of hydrogen-bond acceptors (Lipinski definition) is 4. The maximum atomic E-state index is 11.7. The molecule has 1 unspecified atom stereocenters. The van der Waals surface area contributed by atoms with E-state index in [-0.39, 0.29) is 17.4 Å². The van der Waals surface area contributed by atoms with Crippen molar-refractivity contribution < 1.29 is 19.1 Å². The van der Waals surface area contributed by atoms with E-state index in [4.69, 9.17) is 4.74 Å². The smallest absolute Gasteiger partial charge is 0.407 e. The van der Waals surface area contributed by atoms with Gasteiger partial charge in [-0.3, -0.25) is 4.79 Å². The fourth-order valence-electron chi connectivity index (χ4n) is 1.69. The molecule has 0 aromatic rings. The van der Waals surface area contributed by atoms with Crippen molar-refractivity contribution in [2.45, 2.75) is 72.4 Å². The molecule has 5 heteroatoms. The highest BCUT2D eigenvalue weighted by Crippen LogP contribution is 2.27. The highest BCUT2D eigenvalue weighted by atomic mass is 16.6. The number of ether oxygens (including phenoxy) is 2. The maximum absolute atomic E-state index is 11.7. The SMILES string of the molecule is COC(=O)CCCC(C)(C)C(C)NC(=O)OC(C)(C)C. The van der Waals surface area contributed by atoms with Crippen LogP contribution in [0.25, 0.3) is 0 Å². The average molecular weight is 287 g/mol. The molecule has 0 aromatic carbocycles. The number of methoxy groups -OCH3 is 1. The lowest BCUT2D eigenvalue weighted by Gasteiger charge is -2.33. The Morgan fingerprint density at radius 1 is 1.15 bits per heavy atom. The van der Waals surface area contributed by atoms with Gasteiger partial charge in [-0.2, -0.15) is 0 Å². The van der Waals surface area contributed by atoms with Crippen LogP contribution in [0, 0.1) is 5.41 Å². The van der Waals surface area contributed by atoms with Gasteiger partial charge in [0.1, 0.15) is 5.60 Å². The molecule has 118 valence electrons. The molecule has 0 heterocycles. The lowest BCUT2D eigenvalue weighted by atomic mass is 9.80. The van der Waals surface area contributed by atoms with Crippen LogP contribution in [0.3, 0.4) is 0 Å². The number of hydrogen-bond donors (Lipinski definition) is 1. The molecular weight excluding hydrogens is 258 g/mol. The van der Waals surface area contributed by atoms with E-state index in [1.807, 2.05) is 27.7 Å². The van der Waals surface area contributed by atoms with E-state index in [1.54, 1.807) is 0 Å². The average Bonchev–Trinajstić information content (AvgIpc) is 2.25. The van der Waals surface area contributed by atoms with Crippen molar-refractivity contribution in [2.75, 3.05) is 7.11 Å². The van der Waals surface area contributed by atoms with Gasteiger partial charge in [-0.25, -0.2) is 4.79 Å². The minimum atomic E-state index is -0.501. The first kappa shape index (κ1) is 18.7. The van der Waals surface area contributed by atoms with Gasteiger partial charge in [0.25, 0.3) is 0 Å². The highest BCUT2D eigenvalue weighted by molar-refractivity contribution is 5.69. The molecule has 0 aliphatic heterocycles. The van der Waals surface area contributed by atoms with E-state index in [0.717, 1.165) is 12.8 Å². The summed E-state index contributed by atoms with van der Waals surface area (Å²) >= 11 is 0. The second-order valence-corrected chi connectivity index (χ2v) is 6.79. The van der Waals surface area contributed by atoms with Gasteiger partial charge in [0, 0.05) is 12.5 Å². The Labute approximate surface area is 122 Å². The van der Waals surface area contributed by atoms with E-state index in [1.165, 1.54) is 7.11 Å². The van der Waals surface area contributed by atoms with Crippen LogP contribution in [0.2, 0.25) is 0 Å². The monoisotopic (exact) mass is 287 g/mol. The molecule has 0 saturated carbocycles. The molecule has 1 N–H and O–H groups in total. The van der Waals surface area contributed by atoms with Crippen LogP contribution < -0.4 is 5.32 Å². The highest BCUT2D eigenvalue weighted by Gasteiger charge is 2.28. The van der Waals surface area contributed by atoms with Crippen LogP contribution in [0.1, 0.15) is 60.8 Å². The van der Waals surface area contributed by atoms with E-state index >= 15 is 0 Å². The molecule has 1 amide bonds. The predicted molar refractivity (Wildman–Crippen MR) is 78.5 cm³/mol. The summed E-state index contributed by atoms with van der Waals surface area (Å²) in [7, 11) is 1.39. The van der Waals surface area contributed by atoms with Crippen molar-refractivity contribution >= 4 is 12.1 Å². The Balaban J connectivity index is 4.26. The van der Waals surface area contributed by atoms with Gasteiger partial charge in [-0.05, 0) is 46.0 Å². The van der Waals surface area contributed by atoms with Gasteiger partial charge in [-0.1, -0.05) is 13.8 Å². The van der Waals surface area contributed by atoms with Crippen LogP contribution in [0.5, 0.6) is 0 Å². The summed E-state index contributed by atoms with van der Waals surface area (Å²) in [6.07, 6.45) is 1.55. The Morgan fingerprint density at radius 2 is 1.70 bits per heavy atom. The zero-order chi connectivity index (χ0) is 16.0. The molecule has 0 aliphatic rings. The predicted octanol–water partition coefficient (Wildman–Crippen LogP) is 3.27. The standard InChI is InChI=1S/C15H29NO4/c1-11(16-13(18)20-14(2,3)4)15(5,6)10-8-9-12(17)19-7/h11H,8-10H2,1-7H3,(H,16,18). The topological polar surface area (TPSA) is 64.6 Å². The van der Waals surface area contributed by atoms with E-state index in [0.29, 0.717) is 6.42 Å². The van der Waals surface area contributed by atoms with Crippen molar-refractivity contribution in [1.29, 1.82) is 0 Å². The van der Waals surface area contributed by atoms with Gasteiger partial charge in [0.05, 0.1) is 7.11 Å². The van der Waals surface area contributed by atoms with E-state index in [9.17, 15) is 9.59 Å². The summed E-state index contributed by atoms with van der Waals surface area (Å²) in [6, 6.07) is -0.0463. The van der Waals surface area contributed by atoms with Crippen molar-refractivity contribution in [3.63, 3.8) is 0 Å². The number of carbonyl (C=O) groups is 2. The number of amides is 1. The van der Waals surface area contributed by atoms with Crippen molar-refractivity contribution in [2.24, 2.45) is 5.41 Å². The number of carbonyl (C=O) groups excluding carboxylic acids is 2. The first-order chi connectivity index (χ1) is 8.98. The molecule has 0 radical (unpaired) electrons. The number of esters is 1. The van der Waals surface area contributed by atoms with Crippen molar-refractivity contribution in [1.82, 2.24) is 5.32 Å². The third-order valence-electron chi connectivity index (χ3n) is 3.34. The van der Waals surface area contributed by atoms with Crippen LogP contribution in [0.4, 0.5) is 4.79 Å². The normalized spacial score (nSPS) is 13.6. The first-order valence-electron chi connectivity index (χ1n) is 7.04.